The van der Waals surface area contributed by atoms with Crippen molar-refractivity contribution in [2.75, 3.05) is 23.3 Å². The van der Waals surface area contributed by atoms with Crippen LogP contribution in [-0.2, 0) is 16.9 Å². The maximum Gasteiger partial charge on any atom is 0.260 e. The molecular formula is C30H28FN7O2. The summed E-state index contributed by atoms with van der Waals surface area (Å²) >= 11 is 0. The maximum atomic E-state index is 14.4. The van der Waals surface area contributed by atoms with Gasteiger partial charge in [0.2, 0.25) is 5.91 Å². The van der Waals surface area contributed by atoms with Crippen LogP contribution in [0.3, 0.4) is 0 Å². The number of halogens is 1. The Labute approximate surface area is 230 Å². The van der Waals surface area contributed by atoms with E-state index >= 15 is 0 Å². The molecular weight excluding hydrogens is 509 g/mol. The van der Waals surface area contributed by atoms with Gasteiger partial charge in [0.05, 0.1) is 28.7 Å². The first-order valence-electron chi connectivity index (χ1n) is 13.3. The molecule has 0 radical (unpaired) electrons. The Morgan fingerprint density at radius 1 is 1.10 bits per heavy atom. The molecule has 40 heavy (non-hydrogen) atoms. The summed E-state index contributed by atoms with van der Waals surface area (Å²) in [5.41, 5.74) is 2.24. The number of nitrogens with one attached hydrogen (secondary N) is 2. The smallest absolute Gasteiger partial charge is 0.260 e. The average molecular weight is 538 g/mol. The van der Waals surface area contributed by atoms with E-state index < -0.39 is 17.3 Å². The Morgan fingerprint density at radius 2 is 1.88 bits per heavy atom. The molecule has 4 aromatic rings. The fourth-order valence-corrected chi connectivity index (χ4v) is 5.33. The van der Waals surface area contributed by atoms with E-state index in [9.17, 15) is 14.0 Å². The van der Waals surface area contributed by atoms with Crippen molar-refractivity contribution in [2.24, 2.45) is 0 Å². The molecule has 3 heterocycles. The van der Waals surface area contributed by atoms with Gasteiger partial charge in [-0.15, -0.1) is 0 Å². The van der Waals surface area contributed by atoms with Crippen LogP contribution in [0.25, 0.3) is 15.7 Å². The van der Waals surface area contributed by atoms with Crippen molar-refractivity contribution in [3.05, 3.63) is 95.5 Å². The fourth-order valence-electron chi connectivity index (χ4n) is 5.33. The van der Waals surface area contributed by atoms with E-state index in [1.165, 1.54) is 29.2 Å². The van der Waals surface area contributed by atoms with Crippen molar-refractivity contribution in [3.8, 4) is 0 Å². The minimum absolute atomic E-state index is 0.0619. The van der Waals surface area contributed by atoms with Gasteiger partial charge in [-0.05, 0) is 31.0 Å². The van der Waals surface area contributed by atoms with Crippen molar-refractivity contribution >= 4 is 34.1 Å². The monoisotopic (exact) mass is 537 g/mol. The number of piperidine rings is 1. The Hall–Kier alpha value is -4.78. The Bertz CT molecular complexity index is 1620. The second-order valence-electron chi connectivity index (χ2n) is 10.4. The number of hydrogen-bond acceptors (Lipinski definition) is 5. The molecule has 0 spiro atoms. The van der Waals surface area contributed by atoms with Gasteiger partial charge >= 0.3 is 0 Å². The summed E-state index contributed by atoms with van der Waals surface area (Å²) in [6, 6.07) is 14.4. The van der Waals surface area contributed by atoms with E-state index in [0.29, 0.717) is 53.8 Å². The molecule has 0 atom stereocenters. The molecule has 1 aliphatic heterocycles. The van der Waals surface area contributed by atoms with Crippen LogP contribution in [0, 0.1) is 12.4 Å². The van der Waals surface area contributed by atoms with Crippen LogP contribution < -0.4 is 15.5 Å². The standard InChI is InChI=1S/C30H28FN7O2/c1-32-30(20-5-3-2-4-6-20)11-13-37(14-12-30)28-24-15-21(31)7-10-26(24)33-17-25(28)29(40)36-23-16-34-38(18-23)19-27(39)35-22-8-9-22/h2-7,10,15-18,22H,8-9,11-14,19H2,(H,35,39)(H,36,40). The van der Waals surface area contributed by atoms with Crippen molar-refractivity contribution in [2.45, 2.75) is 43.8 Å². The molecule has 2 fully saturated rings. The van der Waals surface area contributed by atoms with E-state index in [-0.39, 0.29) is 18.5 Å². The van der Waals surface area contributed by atoms with Crippen molar-refractivity contribution in [3.63, 3.8) is 0 Å². The number of carbonyl (C=O) groups excluding carboxylic acids is 2. The molecule has 0 unspecified atom stereocenters. The third-order valence-electron chi connectivity index (χ3n) is 7.62. The van der Waals surface area contributed by atoms with Gasteiger partial charge in [-0.3, -0.25) is 19.3 Å². The predicted octanol–water partition coefficient (Wildman–Crippen LogP) is 4.52. The fraction of sp³-hybridized carbons (Fsp3) is 0.300. The zero-order valence-electron chi connectivity index (χ0n) is 21.8. The van der Waals surface area contributed by atoms with Crippen molar-refractivity contribution < 1.29 is 14.0 Å². The summed E-state index contributed by atoms with van der Waals surface area (Å²) in [6.45, 7) is 9.07. The molecule has 0 bridgehead atoms. The molecule has 9 nitrogen and oxygen atoms in total. The van der Waals surface area contributed by atoms with Gasteiger partial charge in [0.25, 0.3) is 11.4 Å². The minimum Gasteiger partial charge on any atom is -0.370 e. The number of rotatable bonds is 7. The second-order valence-corrected chi connectivity index (χ2v) is 10.4. The molecule has 6 rings (SSSR count). The maximum absolute atomic E-state index is 14.4. The van der Waals surface area contributed by atoms with Crippen LogP contribution in [0.5, 0.6) is 0 Å². The lowest BCUT2D eigenvalue weighted by Crippen LogP contribution is -2.41. The number of fused-ring (bicyclic) bond motifs is 1. The number of nitrogens with zero attached hydrogens (tertiary/aromatic N) is 5. The lowest BCUT2D eigenvalue weighted by atomic mass is 9.81. The number of hydrogen-bond donors (Lipinski definition) is 2. The van der Waals surface area contributed by atoms with Crippen LogP contribution in [0.1, 0.15) is 41.6 Å². The Kier molecular flexibility index (Phi) is 6.64. The molecule has 2 aliphatic rings. The van der Waals surface area contributed by atoms with Gasteiger partial charge < -0.3 is 20.4 Å². The lowest BCUT2D eigenvalue weighted by Gasteiger charge is -2.36. The van der Waals surface area contributed by atoms with Gasteiger partial charge in [-0.1, -0.05) is 30.3 Å². The zero-order valence-corrected chi connectivity index (χ0v) is 21.8. The van der Waals surface area contributed by atoms with E-state index in [1.807, 2.05) is 30.3 Å². The van der Waals surface area contributed by atoms with E-state index in [1.54, 1.807) is 12.3 Å². The van der Waals surface area contributed by atoms with Gasteiger partial charge in [0.15, 0.2) is 0 Å². The van der Waals surface area contributed by atoms with E-state index in [2.05, 4.69) is 30.5 Å². The van der Waals surface area contributed by atoms with Crippen LogP contribution >= 0.6 is 0 Å². The number of anilines is 2. The Balaban J connectivity index is 1.27. The molecule has 2 aromatic carbocycles. The summed E-state index contributed by atoms with van der Waals surface area (Å²) < 4.78 is 15.9. The molecule has 2 N–H and O–H groups in total. The van der Waals surface area contributed by atoms with Crippen molar-refractivity contribution in [1.82, 2.24) is 20.1 Å². The van der Waals surface area contributed by atoms with Crippen LogP contribution in [0.15, 0.2) is 67.1 Å². The number of pyridine rings is 1. The topological polar surface area (TPSA) is 96.5 Å². The first-order chi connectivity index (χ1) is 19.4. The third kappa shape index (κ3) is 5.10. The summed E-state index contributed by atoms with van der Waals surface area (Å²) in [7, 11) is 0. The van der Waals surface area contributed by atoms with Crippen LogP contribution in [0.2, 0.25) is 0 Å². The van der Waals surface area contributed by atoms with Gasteiger partial charge in [-0.2, -0.15) is 5.10 Å². The van der Waals surface area contributed by atoms with E-state index in [4.69, 9.17) is 6.57 Å². The highest BCUT2D eigenvalue weighted by Gasteiger charge is 2.43. The first-order valence-corrected chi connectivity index (χ1v) is 13.3. The van der Waals surface area contributed by atoms with Crippen LogP contribution in [-0.4, -0.2) is 45.7 Å². The summed E-state index contributed by atoms with van der Waals surface area (Å²) in [5.74, 6) is -0.959. The molecule has 1 saturated heterocycles. The zero-order chi connectivity index (χ0) is 27.7. The molecule has 10 heteroatoms. The SMILES string of the molecule is [C-]#[N+]C1(c2ccccc2)CCN(c2c(C(=O)Nc3cnn(CC(=O)NC4CC4)c3)cnc3ccc(F)cc23)CC1. The highest BCUT2D eigenvalue weighted by Crippen LogP contribution is 2.40. The normalized spacial score (nSPS) is 16.4. The number of amides is 2. The predicted molar refractivity (Wildman–Crippen MR) is 149 cm³/mol. The molecule has 2 aromatic heterocycles. The molecule has 1 aliphatic carbocycles. The third-order valence-corrected chi connectivity index (χ3v) is 7.62. The first kappa shape index (κ1) is 25.5. The number of carbonyl (C=O) groups is 2. The van der Waals surface area contributed by atoms with Gasteiger partial charge in [-0.25, -0.2) is 11.0 Å². The lowest BCUT2D eigenvalue weighted by molar-refractivity contribution is -0.122. The summed E-state index contributed by atoms with van der Waals surface area (Å²) in [4.78, 5) is 36.2. The summed E-state index contributed by atoms with van der Waals surface area (Å²) in [6.07, 6.45) is 7.73. The number of aromatic nitrogens is 3. The molecule has 1 saturated carbocycles. The van der Waals surface area contributed by atoms with Gasteiger partial charge in [0, 0.05) is 55.3 Å². The Morgan fingerprint density at radius 3 is 2.60 bits per heavy atom. The van der Waals surface area contributed by atoms with Crippen LogP contribution in [0.4, 0.5) is 15.8 Å². The van der Waals surface area contributed by atoms with Crippen molar-refractivity contribution in [1.29, 1.82) is 0 Å². The average Bonchev–Trinajstić information content (AvgIpc) is 3.68. The van der Waals surface area contributed by atoms with Gasteiger partial charge in [0.1, 0.15) is 12.4 Å². The largest absolute Gasteiger partial charge is 0.370 e. The minimum atomic E-state index is -0.644. The second kappa shape index (κ2) is 10.4. The summed E-state index contributed by atoms with van der Waals surface area (Å²) in [5, 5.41) is 10.5. The highest BCUT2D eigenvalue weighted by molar-refractivity contribution is 6.12. The molecule has 2 amide bonds. The molecule has 202 valence electrons. The number of benzene rings is 2. The van der Waals surface area contributed by atoms with E-state index in [0.717, 1.165) is 18.4 Å². The highest BCUT2D eigenvalue weighted by atomic mass is 19.1. The quantitative estimate of drug-likeness (QED) is 0.338.